The molecule has 1 aromatic rings. The van der Waals surface area contributed by atoms with Gasteiger partial charge in [-0.25, -0.2) is 0 Å². The summed E-state index contributed by atoms with van der Waals surface area (Å²) in [6, 6.07) is 4.42. The minimum atomic E-state index is 0. The Labute approximate surface area is 78.3 Å². The molecule has 70 valence electrons. The van der Waals surface area contributed by atoms with Gasteiger partial charge in [-0.1, -0.05) is 0 Å². The van der Waals surface area contributed by atoms with Gasteiger partial charge in [0.1, 0.15) is 6.54 Å². The predicted octanol–water partition coefficient (Wildman–Crippen LogP) is 2.09. The molecule has 12 heavy (non-hydrogen) atoms. The zero-order valence-electron chi connectivity index (χ0n) is 8.16. The molecular weight excluding hydrogens is 170 g/mol. The Balaban J connectivity index is 0.00000121. The highest BCUT2D eigenvalue weighted by Crippen LogP contribution is 2.17. The quantitative estimate of drug-likeness (QED) is 0.652. The van der Waals surface area contributed by atoms with Gasteiger partial charge >= 0.3 is 0 Å². The van der Waals surface area contributed by atoms with Gasteiger partial charge in [0.15, 0.2) is 0 Å². The number of hydrogen-bond acceptors (Lipinski definition) is 2. The fraction of sp³-hybridized carbons (Fsp3) is 0.556. The lowest BCUT2D eigenvalue weighted by Gasteiger charge is -2.22. The highest BCUT2D eigenvalue weighted by molar-refractivity contribution is 7.11. The fourth-order valence-corrected chi connectivity index (χ4v) is 2.18. The molecule has 0 aliphatic rings. The van der Waals surface area contributed by atoms with Gasteiger partial charge in [-0.15, -0.1) is 11.3 Å². The van der Waals surface area contributed by atoms with Crippen molar-refractivity contribution in [1.82, 2.24) is 0 Å². The molecule has 0 spiro atoms. The molecule has 1 rings (SSSR count). The van der Waals surface area contributed by atoms with Crippen LogP contribution in [-0.2, 0) is 6.54 Å². The van der Waals surface area contributed by atoms with Crippen LogP contribution in [0, 0.1) is 6.92 Å². The molecule has 1 aromatic heterocycles. The minimum Gasteiger partial charge on any atom is -0.870 e. The van der Waals surface area contributed by atoms with E-state index in [0.29, 0.717) is 0 Å². The molecule has 0 unspecified atom stereocenters. The van der Waals surface area contributed by atoms with E-state index in [-0.39, 0.29) is 5.48 Å². The van der Waals surface area contributed by atoms with E-state index < -0.39 is 0 Å². The fourth-order valence-electron chi connectivity index (χ4n) is 1.04. The Kier molecular flexibility index (Phi) is 3.90. The SMILES string of the molecule is Cc1ccc(C[N+](C)(C)C)s1.[OH-]. The van der Waals surface area contributed by atoms with E-state index in [0.717, 1.165) is 11.0 Å². The Bertz CT molecular complexity index is 237. The van der Waals surface area contributed by atoms with E-state index >= 15 is 0 Å². The summed E-state index contributed by atoms with van der Waals surface area (Å²) in [7, 11) is 6.65. The smallest absolute Gasteiger partial charge is 0.113 e. The molecule has 0 atom stereocenters. The first kappa shape index (κ1) is 11.6. The van der Waals surface area contributed by atoms with Gasteiger partial charge in [0.05, 0.1) is 26.0 Å². The third kappa shape index (κ3) is 3.85. The first-order valence-electron chi connectivity index (χ1n) is 3.83. The molecule has 1 heterocycles. The first-order valence-corrected chi connectivity index (χ1v) is 4.65. The largest absolute Gasteiger partial charge is 0.870 e. The van der Waals surface area contributed by atoms with Crippen LogP contribution in [-0.4, -0.2) is 31.1 Å². The van der Waals surface area contributed by atoms with Crippen molar-refractivity contribution in [2.75, 3.05) is 21.1 Å². The van der Waals surface area contributed by atoms with Crippen molar-refractivity contribution < 1.29 is 9.96 Å². The molecule has 0 amide bonds. The number of thiophene rings is 1. The lowest BCUT2D eigenvalue weighted by molar-refractivity contribution is -0.883. The van der Waals surface area contributed by atoms with Crippen LogP contribution in [0.3, 0.4) is 0 Å². The van der Waals surface area contributed by atoms with E-state index in [1.54, 1.807) is 0 Å². The molecule has 0 radical (unpaired) electrons. The van der Waals surface area contributed by atoms with Crippen LogP contribution in [0.1, 0.15) is 9.75 Å². The van der Waals surface area contributed by atoms with Crippen molar-refractivity contribution in [2.24, 2.45) is 0 Å². The molecule has 2 nitrogen and oxygen atoms in total. The Hall–Kier alpha value is -0.380. The van der Waals surface area contributed by atoms with Crippen molar-refractivity contribution in [3.63, 3.8) is 0 Å². The first-order chi connectivity index (χ1) is 4.97. The van der Waals surface area contributed by atoms with Gasteiger partial charge in [-0.3, -0.25) is 0 Å². The van der Waals surface area contributed by atoms with Gasteiger partial charge < -0.3 is 9.96 Å². The second kappa shape index (κ2) is 4.03. The highest BCUT2D eigenvalue weighted by Gasteiger charge is 2.09. The van der Waals surface area contributed by atoms with E-state index in [2.05, 4.69) is 40.2 Å². The van der Waals surface area contributed by atoms with E-state index in [4.69, 9.17) is 0 Å². The number of hydrogen-bond donors (Lipinski definition) is 0. The summed E-state index contributed by atoms with van der Waals surface area (Å²) in [5.74, 6) is 0. The second-order valence-electron chi connectivity index (χ2n) is 3.96. The second-order valence-corrected chi connectivity index (χ2v) is 5.33. The molecule has 0 aliphatic carbocycles. The van der Waals surface area contributed by atoms with Crippen LogP contribution in [0.2, 0.25) is 0 Å². The van der Waals surface area contributed by atoms with Crippen LogP contribution in [0.15, 0.2) is 12.1 Å². The van der Waals surface area contributed by atoms with Crippen molar-refractivity contribution in [2.45, 2.75) is 13.5 Å². The van der Waals surface area contributed by atoms with Crippen LogP contribution in [0.5, 0.6) is 0 Å². The summed E-state index contributed by atoms with van der Waals surface area (Å²) in [5, 5.41) is 0. The zero-order chi connectivity index (χ0) is 8.48. The Morgan fingerprint density at radius 3 is 2.17 bits per heavy atom. The van der Waals surface area contributed by atoms with Crippen molar-refractivity contribution in [1.29, 1.82) is 0 Å². The summed E-state index contributed by atoms with van der Waals surface area (Å²) >= 11 is 1.90. The summed E-state index contributed by atoms with van der Waals surface area (Å²) < 4.78 is 1.01. The van der Waals surface area contributed by atoms with Crippen molar-refractivity contribution in [3.05, 3.63) is 21.9 Å². The molecule has 0 aromatic carbocycles. The molecule has 0 saturated carbocycles. The molecule has 1 N–H and O–H groups in total. The lowest BCUT2D eigenvalue weighted by Crippen LogP contribution is -2.32. The van der Waals surface area contributed by atoms with E-state index in [1.165, 1.54) is 9.75 Å². The number of aryl methyl sites for hydroxylation is 1. The van der Waals surface area contributed by atoms with Crippen LogP contribution in [0.4, 0.5) is 0 Å². The summed E-state index contributed by atoms with van der Waals surface area (Å²) in [4.78, 5) is 2.89. The average molecular weight is 187 g/mol. The molecular formula is C9H17NOS. The third-order valence-electron chi connectivity index (χ3n) is 1.43. The van der Waals surface area contributed by atoms with Gasteiger partial charge in [0.2, 0.25) is 0 Å². The number of nitrogens with zero attached hydrogens (tertiary/aromatic N) is 1. The topological polar surface area (TPSA) is 30.0 Å². The Morgan fingerprint density at radius 2 is 1.83 bits per heavy atom. The maximum Gasteiger partial charge on any atom is 0.113 e. The van der Waals surface area contributed by atoms with Gasteiger partial charge in [0.25, 0.3) is 0 Å². The van der Waals surface area contributed by atoms with Gasteiger partial charge in [-0.2, -0.15) is 0 Å². The molecule has 3 heteroatoms. The molecule has 0 bridgehead atoms. The van der Waals surface area contributed by atoms with Crippen LogP contribution in [0.25, 0.3) is 0 Å². The molecule has 0 saturated heterocycles. The maximum absolute atomic E-state index is 2.23. The maximum atomic E-state index is 2.23. The van der Waals surface area contributed by atoms with Crippen LogP contribution >= 0.6 is 11.3 Å². The van der Waals surface area contributed by atoms with E-state index in [1.807, 2.05) is 11.3 Å². The van der Waals surface area contributed by atoms with Gasteiger partial charge in [0, 0.05) is 4.88 Å². The third-order valence-corrected chi connectivity index (χ3v) is 2.41. The predicted molar refractivity (Wildman–Crippen MR) is 52.7 cm³/mol. The van der Waals surface area contributed by atoms with Crippen molar-refractivity contribution in [3.8, 4) is 0 Å². The number of quaternary nitrogens is 1. The lowest BCUT2D eigenvalue weighted by atomic mass is 10.4. The number of rotatable bonds is 2. The zero-order valence-corrected chi connectivity index (χ0v) is 8.98. The molecule has 0 aliphatic heterocycles. The standard InChI is InChI=1S/C9H16NS.H2O/c1-8-5-6-9(11-8)7-10(2,3)4;/h5-6H,7H2,1-4H3;1H2/q+1;/p-1. The summed E-state index contributed by atoms with van der Waals surface area (Å²) in [5.41, 5.74) is 0. The van der Waals surface area contributed by atoms with Crippen LogP contribution < -0.4 is 0 Å². The summed E-state index contributed by atoms with van der Waals surface area (Å²) in [6.07, 6.45) is 0. The normalized spacial score (nSPS) is 11.0. The summed E-state index contributed by atoms with van der Waals surface area (Å²) in [6.45, 7) is 3.29. The average Bonchev–Trinajstić information content (AvgIpc) is 2.10. The molecule has 0 fully saturated rings. The minimum absolute atomic E-state index is 0. The van der Waals surface area contributed by atoms with Crippen molar-refractivity contribution >= 4 is 11.3 Å². The van der Waals surface area contributed by atoms with Gasteiger partial charge in [-0.05, 0) is 19.1 Å². The Morgan fingerprint density at radius 1 is 1.25 bits per heavy atom. The van der Waals surface area contributed by atoms with E-state index in [9.17, 15) is 0 Å². The highest BCUT2D eigenvalue weighted by atomic mass is 32.1. The monoisotopic (exact) mass is 187 g/mol.